The van der Waals surface area contributed by atoms with Crippen LogP contribution >= 0.6 is 15.9 Å². The summed E-state index contributed by atoms with van der Waals surface area (Å²) in [7, 11) is 3.91. The summed E-state index contributed by atoms with van der Waals surface area (Å²) in [6, 6.07) is 1.87. The monoisotopic (exact) mass is 339 g/mol. The van der Waals surface area contributed by atoms with Crippen molar-refractivity contribution in [1.82, 2.24) is 4.98 Å². The minimum absolute atomic E-state index is 0.0247. The third-order valence-corrected chi connectivity index (χ3v) is 4.62. The number of rotatable bonds is 3. The maximum Gasteiger partial charge on any atom is 0.231 e. The molecule has 0 radical (unpaired) electrons. The molecule has 3 rings (SSSR count). The molecule has 3 heterocycles. The van der Waals surface area contributed by atoms with Crippen molar-refractivity contribution < 1.29 is 9.53 Å². The van der Waals surface area contributed by atoms with Crippen LogP contribution in [0.3, 0.4) is 0 Å². The maximum atomic E-state index is 12.3. The average molecular weight is 340 g/mol. The van der Waals surface area contributed by atoms with Crippen LogP contribution in [0.4, 0.5) is 11.5 Å². The molecule has 1 aromatic rings. The largest absolute Gasteiger partial charge is 0.377 e. The predicted octanol–water partition coefficient (Wildman–Crippen LogP) is 2.42. The fraction of sp³-hybridized carbons (Fsp3) is 0.571. The summed E-state index contributed by atoms with van der Waals surface area (Å²) >= 11 is 3.45. The van der Waals surface area contributed by atoms with Crippen LogP contribution in [0, 0.1) is 5.92 Å². The standard InChI is InChI=1S/C14H18BrN3O2/c1-18(2)11-6-13(16-7-10(11)15)17-14(19)9-5-8-3-4-12(9)20-8/h6-9,12H,3-5H2,1-2H3,(H,16,17,19)/t8-,9-,12+/m1/s1. The molecule has 2 aliphatic rings. The highest BCUT2D eigenvalue weighted by Gasteiger charge is 2.44. The Labute approximate surface area is 126 Å². The average Bonchev–Trinajstić information content (AvgIpc) is 3.03. The first-order chi connectivity index (χ1) is 9.54. The Bertz CT molecular complexity index is 535. The Kier molecular flexibility index (Phi) is 3.69. The number of amides is 1. The highest BCUT2D eigenvalue weighted by molar-refractivity contribution is 9.10. The molecule has 0 saturated carbocycles. The van der Waals surface area contributed by atoms with Gasteiger partial charge in [-0.15, -0.1) is 0 Å². The number of nitrogens with zero attached hydrogens (tertiary/aromatic N) is 2. The van der Waals surface area contributed by atoms with Crippen LogP contribution in [0.5, 0.6) is 0 Å². The van der Waals surface area contributed by atoms with Gasteiger partial charge in [0.2, 0.25) is 5.91 Å². The first kappa shape index (κ1) is 13.8. The van der Waals surface area contributed by atoms with Crippen molar-refractivity contribution in [2.75, 3.05) is 24.3 Å². The summed E-state index contributed by atoms with van der Waals surface area (Å²) in [6.45, 7) is 0. The van der Waals surface area contributed by atoms with E-state index in [4.69, 9.17) is 4.74 Å². The first-order valence-electron chi connectivity index (χ1n) is 6.84. The zero-order valence-corrected chi connectivity index (χ0v) is 13.2. The van der Waals surface area contributed by atoms with Gasteiger partial charge in [0.1, 0.15) is 5.82 Å². The lowest BCUT2D eigenvalue weighted by molar-refractivity contribution is -0.121. The summed E-state index contributed by atoms with van der Waals surface area (Å²) in [5, 5.41) is 2.91. The van der Waals surface area contributed by atoms with E-state index in [-0.39, 0.29) is 24.0 Å². The van der Waals surface area contributed by atoms with E-state index in [9.17, 15) is 4.79 Å². The van der Waals surface area contributed by atoms with Gasteiger partial charge in [-0.1, -0.05) is 0 Å². The number of anilines is 2. The quantitative estimate of drug-likeness (QED) is 0.918. The number of aromatic nitrogens is 1. The van der Waals surface area contributed by atoms with Crippen molar-refractivity contribution in [1.29, 1.82) is 0 Å². The summed E-state index contributed by atoms with van der Waals surface area (Å²) in [4.78, 5) is 18.5. The number of hydrogen-bond acceptors (Lipinski definition) is 4. The van der Waals surface area contributed by atoms with Gasteiger partial charge >= 0.3 is 0 Å². The van der Waals surface area contributed by atoms with E-state index in [1.807, 2.05) is 25.1 Å². The molecule has 3 atom stereocenters. The smallest absolute Gasteiger partial charge is 0.231 e. The summed E-state index contributed by atoms with van der Waals surface area (Å²) in [5.74, 6) is 0.586. The Morgan fingerprint density at radius 2 is 2.30 bits per heavy atom. The number of fused-ring (bicyclic) bond motifs is 2. The number of halogens is 1. The fourth-order valence-corrected chi connectivity index (χ4v) is 3.54. The third-order valence-electron chi connectivity index (χ3n) is 4.01. The van der Waals surface area contributed by atoms with Gasteiger partial charge in [0.25, 0.3) is 0 Å². The second-order valence-electron chi connectivity index (χ2n) is 5.62. The van der Waals surface area contributed by atoms with Crippen molar-refractivity contribution in [3.63, 3.8) is 0 Å². The van der Waals surface area contributed by atoms with Crippen LogP contribution in [0.2, 0.25) is 0 Å². The number of ether oxygens (including phenoxy) is 1. The van der Waals surface area contributed by atoms with Crippen LogP contribution in [-0.4, -0.2) is 37.2 Å². The van der Waals surface area contributed by atoms with Gasteiger partial charge < -0.3 is 15.0 Å². The van der Waals surface area contributed by atoms with E-state index >= 15 is 0 Å². The molecule has 2 bridgehead atoms. The van der Waals surface area contributed by atoms with Gasteiger partial charge in [-0.3, -0.25) is 4.79 Å². The van der Waals surface area contributed by atoms with Crippen molar-refractivity contribution in [2.24, 2.45) is 5.92 Å². The van der Waals surface area contributed by atoms with E-state index < -0.39 is 0 Å². The lowest BCUT2D eigenvalue weighted by atomic mass is 9.88. The summed E-state index contributed by atoms with van der Waals surface area (Å²) < 4.78 is 6.63. The van der Waals surface area contributed by atoms with E-state index in [1.54, 1.807) is 6.20 Å². The minimum atomic E-state index is -0.0259. The molecular weight excluding hydrogens is 322 g/mol. The van der Waals surface area contributed by atoms with Crippen molar-refractivity contribution in [3.8, 4) is 0 Å². The number of carbonyl (C=O) groups excluding carboxylic acids is 1. The van der Waals surface area contributed by atoms with E-state index in [0.29, 0.717) is 5.82 Å². The molecule has 1 amide bonds. The molecule has 108 valence electrons. The highest BCUT2D eigenvalue weighted by Crippen LogP contribution is 2.39. The van der Waals surface area contributed by atoms with Crippen LogP contribution in [0.25, 0.3) is 0 Å². The molecule has 0 aliphatic carbocycles. The lowest BCUT2D eigenvalue weighted by Crippen LogP contribution is -2.30. The van der Waals surface area contributed by atoms with Gasteiger partial charge in [0.05, 0.1) is 28.3 Å². The second kappa shape index (κ2) is 5.33. The van der Waals surface area contributed by atoms with Crippen LogP contribution in [0.1, 0.15) is 19.3 Å². The third kappa shape index (κ3) is 2.54. The molecule has 2 aliphatic heterocycles. The zero-order valence-electron chi connectivity index (χ0n) is 11.6. The first-order valence-corrected chi connectivity index (χ1v) is 7.63. The van der Waals surface area contributed by atoms with E-state index in [2.05, 4.69) is 26.2 Å². The van der Waals surface area contributed by atoms with Crippen molar-refractivity contribution in [2.45, 2.75) is 31.5 Å². The molecule has 0 spiro atoms. The topological polar surface area (TPSA) is 54.5 Å². The van der Waals surface area contributed by atoms with Crippen LogP contribution in [-0.2, 0) is 9.53 Å². The Balaban J connectivity index is 1.71. The zero-order chi connectivity index (χ0) is 14.3. The van der Waals surface area contributed by atoms with E-state index in [1.165, 1.54) is 0 Å². The molecule has 2 saturated heterocycles. The predicted molar refractivity (Wildman–Crippen MR) is 80.9 cm³/mol. The molecular formula is C14H18BrN3O2. The number of carbonyl (C=O) groups is 1. The highest BCUT2D eigenvalue weighted by atomic mass is 79.9. The molecule has 1 aromatic heterocycles. The van der Waals surface area contributed by atoms with Crippen LogP contribution in [0.15, 0.2) is 16.7 Å². The molecule has 6 heteroatoms. The molecule has 1 N–H and O–H groups in total. The van der Waals surface area contributed by atoms with Gasteiger partial charge in [0.15, 0.2) is 0 Å². The maximum absolute atomic E-state index is 12.3. The van der Waals surface area contributed by atoms with Gasteiger partial charge in [-0.2, -0.15) is 0 Å². The Morgan fingerprint density at radius 1 is 1.50 bits per heavy atom. The molecule has 20 heavy (non-hydrogen) atoms. The Morgan fingerprint density at radius 3 is 2.90 bits per heavy atom. The summed E-state index contributed by atoms with van der Waals surface area (Å²) in [6.07, 6.45) is 5.03. The number of hydrogen-bond donors (Lipinski definition) is 1. The number of nitrogens with one attached hydrogen (secondary N) is 1. The normalized spacial score (nSPS) is 27.6. The molecule has 0 unspecified atom stereocenters. The Hall–Kier alpha value is -1.14. The van der Waals surface area contributed by atoms with Gasteiger partial charge in [0, 0.05) is 26.4 Å². The van der Waals surface area contributed by atoms with Crippen LogP contribution < -0.4 is 10.2 Å². The summed E-state index contributed by atoms with van der Waals surface area (Å²) in [5.41, 5.74) is 0.986. The SMILES string of the molecule is CN(C)c1cc(NC(=O)[C@@H]2C[C@H]3CC[C@@H]2O3)ncc1Br. The minimum Gasteiger partial charge on any atom is -0.377 e. The van der Waals surface area contributed by atoms with Gasteiger partial charge in [-0.05, 0) is 35.2 Å². The number of pyridine rings is 1. The molecule has 5 nitrogen and oxygen atoms in total. The second-order valence-corrected chi connectivity index (χ2v) is 6.48. The molecule has 0 aromatic carbocycles. The van der Waals surface area contributed by atoms with Crippen molar-refractivity contribution in [3.05, 3.63) is 16.7 Å². The fourth-order valence-electron chi connectivity index (χ4n) is 2.97. The van der Waals surface area contributed by atoms with Gasteiger partial charge in [-0.25, -0.2) is 4.98 Å². The molecule has 2 fully saturated rings. The van der Waals surface area contributed by atoms with E-state index in [0.717, 1.165) is 29.4 Å². The lowest BCUT2D eigenvalue weighted by Gasteiger charge is -2.19. The van der Waals surface area contributed by atoms with Crippen molar-refractivity contribution >= 4 is 33.3 Å².